The third-order valence-corrected chi connectivity index (χ3v) is 4.08. The molecule has 0 saturated heterocycles. The first kappa shape index (κ1) is 13.6. The molecule has 20 heavy (non-hydrogen) atoms. The highest BCUT2D eigenvalue weighted by atomic mass is 79.9. The Morgan fingerprint density at radius 1 is 1.30 bits per heavy atom. The van der Waals surface area contributed by atoms with Gasteiger partial charge in [0, 0.05) is 28.5 Å². The molecule has 0 amide bonds. The predicted molar refractivity (Wildman–Crippen MR) is 82.6 cm³/mol. The van der Waals surface area contributed by atoms with Crippen molar-refractivity contribution in [2.75, 3.05) is 0 Å². The zero-order valence-electron chi connectivity index (χ0n) is 11.2. The summed E-state index contributed by atoms with van der Waals surface area (Å²) in [6.45, 7) is 0.514. The van der Waals surface area contributed by atoms with Crippen molar-refractivity contribution < 1.29 is 4.74 Å². The molecule has 1 atom stereocenters. The van der Waals surface area contributed by atoms with Gasteiger partial charge in [-0.15, -0.1) is 0 Å². The Hall–Kier alpha value is -1.39. The number of aryl methyl sites for hydroxylation is 1. The molecule has 1 aromatic carbocycles. The first-order chi connectivity index (χ1) is 9.72. The van der Waals surface area contributed by atoms with Crippen LogP contribution in [0.25, 0.3) is 0 Å². The van der Waals surface area contributed by atoms with Crippen molar-refractivity contribution >= 4 is 15.9 Å². The Morgan fingerprint density at radius 3 is 3.05 bits per heavy atom. The van der Waals surface area contributed by atoms with Crippen LogP contribution in [0, 0.1) is 0 Å². The van der Waals surface area contributed by atoms with Crippen molar-refractivity contribution in [1.82, 2.24) is 4.98 Å². The van der Waals surface area contributed by atoms with Crippen LogP contribution in [-0.2, 0) is 13.0 Å². The fourth-order valence-electron chi connectivity index (χ4n) is 2.61. The number of nitrogens with zero attached hydrogens (tertiary/aromatic N) is 1. The quantitative estimate of drug-likeness (QED) is 0.930. The maximum atomic E-state index is 6.17. The van der Waals surface area contributed by atoms with E-state index in [0.29, 0.717) is 6.61 Å². The molecule has 4 heteroatoms. The van der Waals surface area contributed by atoms with E-state index >= 15 is 0 Å². The van der Waals surface area contributed by atoms with Gasteiger partial charge in [-0.2, -0.15) is 0 Å². The molecule has 0 bridgehead atoms. The maximum absolute atomic E-state index is 6.17. The molecular formula is C16H17BrN2O. The molecule has 3 nitrogen and oxygen atoms in total. The van der Waals surface area contributed by atoms with Crippen molar-refractivity contribution in [2.45, 2.75) is 31.9 Å². The Kier molecular flexibility index (Phi) is 4.03. The maximum Gasteiger partial charge on any atom is 0.120 e. The van der Waals surface area contributed by atoms with Gasteiger partial charge in [0.15, 0.2) is 0 Å². The third kappa shape index (κ3) is 3.02. The van der Waals surface area contributed by atoms with Crippen LogP contribution in [0.5, 0.6) is 5.75 Å². The molecule has 1 heterocycles. The lowest BCUT2D eigenvalue weighted by atomic mass is 9.88. The second-order valence-electron chi connectivity index (χ2n) is 5.16. The molecule has 1 aliphatic rings. The highest BCUT2D eigenvalue weighted by Crippen LogP contribution is 2.31. The fourth-order valence-corrected chi connectivity index (χ4v) is 3.02. The Morgan fingerprint density at radius 2 is 2.20 bits per heavy atom. The van der Waals surface area contributed by atoms with E-state index in [1.165, 1.54) is 17.5 Å². The predicted octanol–water partition coefficient (Wildman–Crippen LogP) is 3.76. The summed E-state index contributed by atoms with van der Waals surface area (Å²) in [5.74, 6) is 0.876. The van der Waals surface area contributed by atoms with Gasteiger partial charge < -0.3 is 10.5 Å². The first-order valence-corrected chi connectivity index (χ1v) is 7.62. The van der Waals surface area contributed by atoms with Crippen LogP contribution >= 0.6 is 15.9 Å². The molecule has 0 unspecified atom stereocenters. The molecule has 0 aliphatic heterocycles. The van der Waals surface area contributed by atoms with Gasteiger partial charge in [0.25, 0.3) is 0 Å². The molecule has 3 rings (SSSR count). The van der Waals surface area contributed by atoms with Gasteiger partial charge in [0.05, 0.1) is 0 Å². The molecule has 1 aromatic heterocycles. The summed E-state index contributed by atoms with van der Waals surface area (Å²) in [7, 11) is 0. The van der Waals surface area contributed by atoms with E-state index in [0.717, 1.165) is 28.6 Å². The fraction of sp³-hybridized carbons (Fsp3) is 0.312. The molecule has 2 N–H and O–H groups in total. The highest BCUT2D eigenvalue weighted by molar-refractivity contribution is 9.10. The molecule has 0 saturated carbocycles. The summed E-state index contributed by atoms with van der Waals surface area (Å²) in [5, 5.41) is 0. The number of pyridine rings is 1. The summed E-state index contributed by atoms with van der Waals surface area (Å²) in [6, 6.07) is 8.42. The highest BCUT2D eigenvalue weighted by Gasteiger charge is 2.17. The van der Waals surface area contributed by atoms with Gasteiger partial charge >= 0.3 is 0 Å². The van der Waals surface area contributed by atoms with E-state index in [1.54, 1.807) is 6.20 Å². The Labute approximate surface area is 127 Å². The van der Waals surface area contributed by atoms with Gasteiger partial charge in [0.1, 0.15) is 12.4 Å². The normalized spacial score (nSPS) is 17.6. The average Bonchev–Trinajstić information content (AvgIpc) is 2.46. The number of halogens is 1. The molecule has 0 radical (unpaired) electrons. The van der Waals surface area contributed by atoms with E-state index in [4.69, 9.17) is 10.5 Å². The Bertz CT molecular complexity index is 615. The van der Waals surface area contributed by atoms with Crippen LogP contribution in [0.2, 0.25) is 0 Å². The van der Waals surface area contributed by atoms with E-state index in [9.17, 15) is 0 Å². The van der Waals surface area contributed by atoms with Gasteiger partial charge in [-0.05, 0) is 64.5 Å². The van der Waals surface area contributed by atoms with Crippen LogP contribution in [0.1, 0.15) is 35.6 Å². The lowest BCUT2D eigenvalue weighted by molar-refractivity contribution is 0.304. The summed E-state index contributed by atoms with van der Waals surface area (Å²) in [6.07, 6.45) is 6.94. The van der Waals surface area contributed by atoms with Crippen LogP contribution < -0.4 is 10.5 Å². The number of aromatic nitrogens is 1. The SMILES string of the molecule is N[C@@H]1CCCc2ccc(OCc3cncc(Br)c3)cc21. The smallest absolute Gasteiger partial charge is 0.120 e. The summed E-state index contributed by atoms with van der Waals surface area (Å²) < 4.78 is 6.81. The summed E-state index contributed by atoms with van der Waals surface area (Å²) in [4.78, 5) is 4.13. The number of benzene rings is 1. The van der Waals surface area contributed by atoms with Crippen molar-refractivity contribution in [1.29, 1.82) is 0 Å². The zero-order chi connectivity index (χ0) is 13.9. The molecule has 104 valence electrons. The number of fused-ring (bicyclic) bond motifs is 1. The van der Waals surface area contributed by atoms with Gasteiger partial charge in [0.2, 0.25) is 0 Å². The van der Waals surface area contributed by atoms with Gasteiger partial charge in [-0.1, -0.05) is 6.07 Å². The summed E-state index contributed by atoms with van der Waals surface area (Å²) in [5.41, 5.74) is 9.81. The minimum atomic E-state index is 0.148. The van der Waals surface area contributed by atoms with Crippen LogP contribution in [0.15, 0.2) is 41.1 Å². The van der Waals surface area contributed by atoms with Crippen LogP contribution in [-0.4, -0.2) is 4.98 Å². The second kappa shape index (κ2) is 5.94. The number of hydrogen-bond donors (Lipinski definition) is 1. The average molecular weight is 333 g/mol. The lowest BCUT2D eigenvalue weighted by Gasteiger charge is -2.22. The first-order valence-electron chi connectivity index (χ1n) is 6.83. The van der Waals surface area contributed by atoms with Crippen molar-refractivity contribution in [3.8, 4) is 5.75 Å². The van der Waals surface area contributed by atoms with Crippen LogP contribution in [0.4, 0.5) is 0 Å². The molecule has 2 aromatic rings. The summed E-state index contributed by atoms with van der Waals surface area (Å²) >= 11 is 3.41. The molecule has 0 spiro atoms. The minimum Gasteiger partial charge on any atom is -0.489 e. The minimum absolute atomic E-state index is 0.148. The Balaban J connectivity index is 1.73. The monoisotopic (exact) mass is 332 g/mol. The van der Waals surface area contributed by atoms with Crippen LogP contribution in [0.3, 0.4) is 0 Å². The van der Waals surface area contributed by atoms with Crippen molar-refractivity contribution in [3.63, 3.8) is 0 Å². The molecule has 1 aliphatic carbocycles. The van der Waals surface area contributed by atoms with E-state index in [-0.39, 0.29) is 6.04 Å². The topological polar surface area (TPSA) is 48.1 Å². The number of ether oxygens (including phenoxy) is 1. The van der Waals surface area contributed by atoms with Gasteiger partial charge in [-0.25, -0.2) is 0 Å². The number of hydrogen-bond acceptors (Lipinski definition) is 3. The van der Waals surface area contributed by atoms with E-state index in [2.05, 4.69) is 33.0 Å². The second-order valence-corrected chi connectivity index (χ2v) is 6.08. The lowest BCUT2D eigenvalue weighted by Crippen LogP contribution is -2.17. The van der Waals surface area contributed by atoms with E-state index in [1.807, 2.05) is 18.3 Å². The standard InChI is InChI=1S/C16H17BrN2O/c17-13-6-11(8-19-9-13)10-20-14-5-4-12-2-1-3-16(18)15(12)7-14/h4-9,16H,1-3,10,18H2/t16-/m1/s1. The van der Waals surface area contributed by atoms with Crippen molar-refractivity contribution in [2.24, 2.45) is 5.73 Å². The number of nitrogens with two attached hydrogens (primary N) is 1. The van der Waals surface area contributed by atoms with E-state index < -0.39 is 0 Å². The molecular weight excluding hydrogens is 316 g/mol. The van der Waals surface area contributed by atoms with Gasteiger partial charge in [-0.3, -0.25) is 4.98 Å². The van der Waals surface area contributed by atoms with Crippen molar-refractivity contribution in [3.05, 3.63) is 57.8 Å². The third-order valence-electron chi connectivity index (χ3n) is 3.65. The largest absolute Gasteiger partial charge is 0.489 e. The molecule has 0 fully saturated rings. The zero-order valence-corrected chi connectivity index (χ0v) is 12.8. The number of rotatable bonds is 3.